The zero-order chi connectivity index (χ0) is 13.0. The van der Waals surface area contributed by atoms with Gasteiger partial charge in [-0.1, -0.05) is 19.1 Å². The van der Waals surface area contributed by atoms with Crippen LogP contribution < -0.4 is 0 Å². The molecule has 0 aliphatic heterocycles. The Balaban J connectivity index is 2.16. The van der Waals surface area contributed by atoms with Crippen molar-refractivity contribution in [3.8, 4) is 0 Å². The maximum absolute atomic E-state index is 12.8. The molecule has 1 atom stereocenters. The number of pyridine rings is 1. The Morgan fingerprint density at radius 2 is 1.94 bits per heavy atom. The first-order valence-corrected chi connectivity index (χ1v) is 6.06. The van der Waals surface area contributed by atoms with E-state index in [4.69, 9.17) is 0 Å². The van der Waals surface area contributed by atoms with Gasteiger partial charge in [0.15, 0.2) is 0 Å². The maximum atomic E-state index is 12.8. The van der Waals surface area contributed by atoms with Crippen molar-refractivity contribution >= 4 is 0 Å². The van der Waals surface area contributed by atoms with Gasteiger partial charge in [0, 0.05) is 18.8 Å². The summed E-state index contributed by atoms with van der Waals surface area (Å²) < 4.78 is 12.8. The number of nitrogens with zero attached hydrogens (tertiary/aromatic N) is 1. The number of hydrogen-bond donors (Lipinski definition) is 1. The van der Waals surface area contributed by atoms with E-state index in [1.807, 2.05) is 13.0 Å². The topological polar surface area (TPSA) is 33.1 Å². The number of aliphatic hydroxyl groups is 1. The first kappa shape index (κ1) is 12.7. The second-order valence-electron chi connectivity index (χ2n) is 4.27. The summed E-state index contributed by atoms with van der Waals surface area (Å²) in [5.74, 6) is -0.258. The molecule has 2 nitrogen and oxygen atoms in total. The molecule has 18 heavy (non-hydrogen) atoms. The monoisotopic (exact) mass is 245 g/mol. The van der Waals surface area contributed by atoms with E-state index in [0.717, 1.165) is 23.1 Å². The average molecular weight is 245 g/mol. The molecule has 1 unspecified atom stereocenters. The van der Waals surface area contributed by atoms with E-state index < -0.39 is 6.10 Å². The van der Waals surface area contributed by atoms with Crippen molar-refractivity contribution in [3.05, 3.63) is 65.2 Å². The van der Waals surface area contributed by atoms with Gasteiger partial charge < -0.3 is 5.11 Å². The number of aliphatic hydroxyl groups excluding tert-OH is 1. The van der Waals surface area contributed by atoms with Gasteiger partial charge in [-0.3, -0.25) is 4.98 Å². The molecule has 2 rings (SSSR count). The predicted octanol–water partition coefficient (Wildman–Crippen LogP) is 3.06. The van der Waals surface area contributed by atoms with E-state index in [0.29, 0.717) is 6.42 Å². The lowest BCUT2D eigenvalue weighted by atomic mass is 9.97. The minimum atomic E-state index is -0.576. The van der Waals surface area contributed by atoms with Gasteiger partial charge in [-0.15, -0.1) is 0 Å². The molecular formula is C15H16FNO. The first-order chi connectivity index (χ1) is 8.70. The summed E-state index contributed by atoms with van der Waals surface area (Å²) in [6.07, 6.45) is 4.21. The number of rotatable bonds is 4. The molecule has 0 amide bonds. The molecule has 94 valence electrons. The molecule has 0 fully saturated rings. The average Bonchev–Trinajstić information content (AvgIpc) is 2.41. The van der Waals surface area contributed by atoms with Gasteiger partial charge in [0.2, 0.25) is 0 Å². The largest absolute Gasteiger partial charge is 0.388 e. The minimum Gasteiger partial charge on any atom is -0.388 e. The van der Waals surface area contributed by atoms with Crippen LogP contribution in [0.5, 0.6) is 0 Å². The van der Waals surface area contributed by atoms with Crippen LogP contribution >= 0.6 is 0 Å². The second kappa shape index (κ2) is 5.74. The summed E-state index contributed by atoms with van der Waals surface area (Å²) in [4.78, 5) is 4.06. The number of aromatic nitrogens is 1. The zero-order valence-electron chi connectivity index (χ0n) is 10.3. The van der Waals surface area contributed by atoms with Gasteiger partial charge in [0.1, 0.15) is 5.82 Å². The van der Waals surface area contributed by atoms with Gasteiger partial charge in [0.05, 0.1) is 6.10 Å². The Morgan fingerprint density at radius 1 is 1.22 bits per heavy atom. The van der Waals surface area contributed by atoms with Crippen LogP contribution in [-0.4, -0.2) is 10.1 Å². The molecule has 0 aliphatic rings. The van der Waals surface area contributed by atoms with Gasteiger partial charge in [-0.2, -0.15) is 0 Å². The summed E-state index contributed by atoms with van der Waals surface area (Å²) in [7, 11) is 0. The van der Waals surface area contributed by atoms with E-state index >= 15 is 0 Å². The van der Waals surface area contributed by atoms with Crippen molar-refractivity contribution in [2.24, 2.45) is 0 Å². The molecule has 2 aromatic rings. The van der Waals surface area contributed by atoms with Crippen molar-refractivity contribution in [1.82, 2.24) is 4.98 Å². The van der Waals surface area contributed by atoms with Crippen molar-refractivity contribution in [2.75, 3.05) is 0 Å². The van der Waals surface area contributed by atoms with E-state index in [1.165, 1.54) is 12.1 Å². The number of hydrogen-bond acceptors (Lipinski definition) is 2. The maximum Gasteiger partial charge on any atom is 0.123 e. The SMILES string of the molecule is CCc1cnccc1C(O)Cc1ccc(F)cc1. The molecule has 1 N–H and O–H groups in total. The molecule has 1 aromatic carbocycles. The highest BCUT2D eigenvalue weighted by Crippen LogP contribution is 2.21. The Kier molecular flexibility index (Phi) is 4.05. The van der Waals surface area contributed by atoms with Crippen molar-refractivity contribution in [3.63, 3.8) is 0 Å². The van der Waals surface area contributed by atoms with Gasteiger partial charge in [0.25, 0.3) is 0 Å². The van der Waals surface area contributed by atoms with E-state index in [1.54, 1.807) is 24.5 Å². The second-order valence-corrected chi connectivity index (χ2v) is 4.27. The third-order valence-electron chi connectivity index (χ3n) is 3.02. The Labute approximate surface area is 106 Å². The van der Waals surface area contributed by atoms with Gasteiger partial charge in [-0.05, 0) is 41.3 Å². The van der Waals surface area contributed by atoms with Crippen LogP contribution in [-0.2, 0) is 12.8 Å². The molecule has 1 aromatic heterocycles. The number of halogens is 1. The van der Waals surface area contributed by atoms with E-state index in [2.05, 4.69) is 4.98 Å². The fourth-order valence-corrected chi connectivity index (χ4v) is 2.01. The normalized spacial score (nSPS) is 12.4. The molecule has 0 saturated carbocycles. The highest BCUT2D eigenvalue weighted by molar-refractivity contribution is 5.28. The van der Waals surface area contributed by atoms with Crippen molar-refractivity contribution in [2.45, 2.75) is 25.9 Å². The summed E-state index contributed by atoms with van der Waals surface area (Å²) in [6.45, 7) is 2.03. The molecule has 1 heterocycles. The van der Waals surface area contributed by atoms with Crippen molar-refractivity contribution in [1.29, 1.82) is 0 Å². The molecule has 0 spiro atoms. The molecule has 0 aliphatic carbocycles. The van der Waals surface area contributed by atoms with E-state index in [-0.39, 0.29) is 5.82 Å². The number of aryl methyl sites for hydroxylation is 1. The molecule has 0 radical (unpaired) electrons. The lowest BCUT2D eigenvalue weighted by molar-refractivity contribution is 0.177. The van der Waals surface area contributed by atoms with Gasteiger partial charge >= 0.3 is 0 Å². The quantitative estimate of drug-likeness (QED) is 0.898. The Morgan fingerprint density at radius 3 is 2.61 bits per heavy atom. The van der Waals surface area contributed by atoms with Crippen LogP contribution in [0.4, 0.5) is 4.39 Å². The smallest absolute Gasteiger partial charge is 0.123 e. The summed E-state index contributed by atoms with van der Waals surface area (Å²) in [5, 5.41) is 10.2. The third-order valence-corrected chi connectivity index (χ3v) is 3.02. The molecule has 3 heteroatoms. The fraction of sp³-hybridized carbons (Fsp3) is 0.267. The molecular weight excluding hydrogens is 229 g/mol. The van der Waals surface area contributed by atoms with Gasteiger partial charge in [-0.25, -0.2) is 4.39 Å². The lowest BCUT2D eigenvalue weighted by Crippen LogP contribution is -2.05. The van der Waals surface area contributed by atoms with Crippen LogP contribution in [0.2, 0.25) is 0 Å². The first-order valence-electron chi connectivity index (χ1n) is 6.06. The Bertz CT molecular complexity index is 510. The lowest BCUT2D eigenvalue weighted by Gasteiger charge is -2.14. The van der Waals surface area contributed by atoms with Crippen LogP contribution in [0.15, 0.2) is 42.7 Å². The zero-order valence-corrected chi connectivity index (χ0v) is 10.3. The van der Waals surface area contributed by atoms with Crippen LogP contribution in [0.25, 0.3) is 0 Å². The molecule has 0 saturated heterocycles. The number of benzene rings is 1. The highest BCUT2D eigenvalue weighted by Gasteiger charge is 2.12. The molecule has 0 bridgehead atoms. The summed E-state index contributed by atoms with van der Waals surface area (Å²) in [5.41, 5.74) is 2.87. The fourth-order valence-electron chi connectivity index (χ4n) is 2.01. The predicted molar refractivity (Wildman–Crippen MR) is 68.7 cm³/mol. The summed E-state index contributed by atoms with van der Waals surface area (Å²) in [6, 6.07) is 8.06. The Hall–Kier alpha value is -1.74. The van der Waals surface area contributed by atoms with Crippen LogP contribution in [0.1, 0.15) is 29.7 Å². The summed E-state index contributed by atoms with van der Waals surface area (Å²) >= 11 is 0. The van der Waals surface area contributed by atoms with Crippen LogP contribution in [0, 0.1) is 5.82 Å². The highest BCUT2D eigenvalue weighted by atomic mass is 19.1. The van der Waals surface area contributed by atoms with E-state index in [9.17, 15) is 9.50 Å². The third kappa shape index (κ3) is 2.93. The van der Waals surface area contributed by atoms with Crippen molar-refractivity contribution < 1.29 is 9.50 Å². The standard InChI is InChI=1S/C15H16FNO/c1-2-12-10-17-8-7-14(12)15(18)9-11-3-5-13(16)6-4-11/h3-8,10,15,18H,2,9H2,1H3. The van der Waals surface area contributed by atoms with Crippen LogP contribution in [0.3, 0.4) is 0 Å². The minimum absolute atomic E-state index is 0.258.